The second kappa shape index (κ2) is 17.8. The number of esters is 1. The van der Waals surface area contributed by atoms with Crippen molar-refractivity contribution in [3.63, 3.8) is 0 Å². The minimum atomic E-state index is -1.12. The van der Waals surface area contributed by atoms with Gasteiger partial charge in [0.1, 0.15) is 23.4 Å². The molecule has 3 unspecified atom stereocenters. The summed E-state index contributed by atoms with van der Waals surface area (Å²) in [5, 5.41) is 15.4. The molecular formula is C36H49N3O7. The summed E-state index contributed by atoms with van der Waals surface area (Å²) in [5.74, 6) is 1.51. The van der Waals surface area contributed by atoms with Crippen LogP contribution in [0.2, 0.25) is 0 Å². The number of hydrogen-bond acceptors (Lipinski definition) is 7. The number of ether oxygens (including phenoxy) is 2. The Morgan fingerprint density at radius 3 is 2.15 bits per heavy atom. The summed E-state index contributed by atoms with van der Waals surface area (Å²) in [4.78, 5) is 55.3. The summed E-state index contributed by atoms with van der Waals surface area (Å²) in [7, 11) is 0. The van der Waals surface area contributed by atoms with Gasteiger partial charge in [-0.05, 0) is 88.8 Å². The number of alkyl carbamates (subject to hydrolysis) is 1. The summed E-state index contributed by atoms with van der Waals surface area (Å²) in [6.07, 6.45) is 6.19. The minimum Gasteiger partial charge on any atom is -0.508 e. The van der Waals surface area contributed by atoms with Gasteiger partial charge in [-0.2, -0.15) is 0 Å². The van der Waals surface area contributed by atoms with Gasteiger partial charge in [0.15, 0.2) is 0 Å². The highest BCUT2D eigenvalue weighted by Crippen LogP contribution is 2.28. The number of terminal acetylenes is 1. The van der Waals surface area contributed by atoms with E-state index in [4.69, 9.17) is 15.9 Å². The van der Waals surface area contributed by atoms with E-state index in [1.54, 1.807) is 64.1 Å². The Bertz CT molecular complexity index is 1340. The van der Waals surface area contributed by atoms with Gasteiger partial charge in [-0.25, -0.2) is 4.79 Å². The lowest BCUT2D eigenvalue weighted by atomic mass is 9.95. The molecule has 0 heterocycles. The summed E-state index contributed by atoms with van der Waals surface area (Å²) in [6.45, 7) is 13.1. The zero-order valence-electron chi connectivity index (χ0n) is 28.1. The van der Waals surface area contributed by atoms with Gasteiger partial charge in [0.05, 0.1) is 13.0 Å². The van der Waals surface area contributed by atoms with Gasteiger partial charge in [0.2, 0.25) is 11.8 Å². The summed E-state index contributed by atoms with van der Waals surface area (Å²) >= 11 is 0. The number of rotatable bonds is 15. The molecule has 2 rings (SSSR count). The van der Waals surface area contributed by atoms with Crippen molar-refractivity contribution in [1.82, 2.24) is 15.5 Å². The molecular weight excluding hydrogens is 586 g/mol. The predicted molar refractivity (Wildman–Crippen MR) is 177 cm³/mol. The second-order valence-electron chi connectivity index (χ2n) is 12.7. The first kappa shape index (κ1) is 37.7. The van der Waals surface area contributed by atoms with Crippen molar-refractivity contribution >= 4 is 23.9 Å². The van der Waals surface area contributed by atoms with Gasteiger partial charge in [-0.3, -0.25) is 14.4 Å². The highest BCUT2D eigenvalue weighted by molar-refractivity contribution is 5.92. The average Bonchev–Trinajstić information content (AvgIpc) is 2.98. The van der Waals surface area contributed by atoms with Crippen molar-refractivity contribution in [2.24, 2.45) is 5.92 Å². The third-order valence-corrected chi connectivity index (χ3v) is 7.11. The normalized spacial score (nSPS) is 13.1. The number of phenolic OH excluding ortho intramolecular Hbond substituents is 1. The predicted octanol–water partition coefficient (Wildman–Crippen LogP) is 5.27. The number of carbonyl (C=O) groups is 4. The quantitative estimate of drug-likeness (QED) is 0.179. The molecule has 3 atom stereocenters. The van der Waals surface area contributed by atoms with Gasteiger partial charge >= 0.3 is 12.1 Å². The molecule has 250 valence electrons. The van der Waals surface area contributed by atoms with E-state index in [1.165, 1.54) is 17.0 Å². The molecule has 0 spiro atoms. The molecule has 0 radical (unpaired) electrons. The number of nitrogens with one attached hydrogen (secondary N) is 2. The first-order chi connectivity index (χ1) is 21.6. The van der Waals surface area contributed by atoms with Crippen molar-refractivity contribution < 1.29 is 33.8 Å². The molecule has 0 aliphatic rings. The molecule has 0 bridgehead atoms. The fraction of sp³-hybridized carbons (Fsp3) is 0.500. The maximum Gasteiger partial charge on any atom is 0.408 e. The number of phenols is 1. The maximum absolute atomic E-state index is 14.7. The van der Waals surface area contributed by atoms with Crippen LogP contribution in [-0.2, 0) is 30.3 Å². The van der Waals surface area contributed by atoms with Crippen LogP contribution in [0.25, 0.3) is 0 Å². The van der Waals surface area contributed by atoms with Crippen LogP contribution < -0.4 is 10.6 Å². The van der Waals surface area contributed by atoms with Gasteiger partial charge in [0.25, 0.3) is 0 Å². The zero-order chi connectivity index (χ0) is 34.4. The smallest absolute Gasteiger partial charge is 0.408 e. The van der Waals surface area contributed by atoms with E-state index in [0.29, 0.717) is 29.0 Å². The number of nitrogens with zero attached hydrogens (tertiary/aromatic N) is 1. The van der Waals surface area contributed by atoms with Gasteiger partial charge < -0.3 is 30.1 Å². The van der Waals surface area contributed by atoms with E-state index in [9.17, 15) is 24.3 Å². The Morgan fingerprint density at radius 1 is 0.978 bits per heavy atom. The third-order valence-electron chi connectivity index (χ3n) is 7.11. The molecule has 0 saturated carbocycles. The lowest BCUT2D eigenvalue weighted by Crippen LogP contribution is -2.56. The largest absolute Gasteiger partial charge is 0.508 e. The molecule has 2 aromatic rings. The molecule has 0 aliphatic heterocycles. The number of hydrogen-bond donors (Lipinski definition) is 3. The van der Waals surface area contributed by atoms with Crippen LogP contribution >= 0.6 is 0 Å². The Morgan fingerprint density at radius 2 is 1.61 bits per heavy atom. The van der Waals surface area contributed by atoms with Crippen LogP contribution in [0.1, 0.15) is 90.5 Å². The van der Waals surface area contributed by atoms with Crippen molar-refractivity contribution in [3.05, 3.63) is 65.2 Å². The summed E-state index contributed by atoms with van der Waals surface area (Å²) in [5.41, 5.74) is 0.974. The van der Waals surface area contributed by atoms with Crippen LogP contribution in [0, 0.1) is 18.3 Å². The number of amides is 3. The number of benzene rings is 2. The Kier molecular flexibility index (Phi) is 14.6. The first-order valence-electron chi connectivity index (χ1n) is 15.7. The van der Waals surface area contributed by atoms with Crippen LogP contribution in [0.4, 0.5) is 4.79 Å². The van der Waals surface area contributed by atoms with Crippen molar-refractivity contribution in [1.29, 1.82) is 0 Å². The maximum atomic E-state index is 14.7. The van der Waals surface area contributed by atoms with E-state index in [1.807, 2.05) is 6.92 Å². The van der Waals surface area contributed by atoms with E-state index in [2.05, 4.69) is 30.4 Å². The fourth-order valence-corrected chi connectivity index (χ4v) is 4.83. The standard InChI is InChI=1S/C36H49N3O7/c1-9-26-13-17-28(18-14-26)32(33(42)37-22-21-31(41)45-10-2)39(25(5)12-11-24(3)4)34(43)30(38-35(44)46-36(6,7)8)23-27-15-19-29(40)20-16-27/h1,13-20,24-25,30,32,40H,10-12,21-23H2,2-8H3,(H,37,42)(H,38,44). The highest BCUT2D eigenvalue weighted by atomic mass is 16.6. The molecule has 0 aliphatic carbocycles. The molecule has 10 nitrogen and oxygen atoms in total. The minimum absolute atomic E-state index is 0.00606. The van der Waals surface area contributed by atoms with E-state index >= 15 is 0 Å². The molecule has 46 heavy (non-hydrogen) atoms. The lowest BCUT2D eigenvalue weighted by molar-refractivity contribution is -0.146. The van der Waals surface area contributed by atoms with Crippen LogP contribution in [0.15, 0.2) is 48.5 Å². The van der Waals surface area contributed by atoms with Crippen molar-refractivity contribution in [3.8, 4) is 18.1 Å². The molecule has 10 heteroatoms. The van der Waals surface area contributed by atoms with Gasteiger partial charge in [-0.15, -0.1) is 6.42 Å². The summed E-state index contributed by atoms with van der Waals surface area (Å²) < 4.78 is 10.5. The molecule has 0 saturated heterocycles. The third kappa shape index (κ3) is 12.5. The first-order valence-corrected chi connectivity index (χ1v) is 15.7. The fourth-order valence-electron chi connectivity index (χ4n) is 4.83. The van der Waals surface area contributed by atoms with E-state index in [0.717, 1.165) is 6.42 Å². The zero-order valence-corrected chi connectivity index (χ0v) is 28.1. The van der Waals surface area contributed by atoms with Crippen molar-refractivity contribution in [2.75, 3.05) is 13.2 Å². The molecule has 0 aromatic heterocycles. The van der Waals surface area contributed by atoms with Crippen LogP contribution in [0.3, 0.4) is 0 Å². The molecule has 0 fully saturated rings. The van der Waals surface area contributed by atoms with E-state index in [-0.39, 0.29) is 31.7 Å². The Balaban J connectivity index is 2.63. The van der Waals surface area contributed by atoms with Gasteiger partial charge in [-0.1, -0.05) is 44.0 Å². The monoisotopic (exact) mass is 635 g/mol. The Labute approximate surface area is 273 Å². The summed E-state index contributed by atoms with van der Waals surface area (Å²) in [6, 6.07) is 10.4. The SMILES string of the molecule is C#Cc1ccc(C(C(=O)NCCC(=O)OCC)N(C(=O)C(Cc2ccc(O)cc2)NC(=O)OC(C)(C)C)C(C)CCC(C)C)cc1. The highest BCUT2D eigenvalue weighted by Gasteiger charge is 2.39. The van der Waals surface area contributed by atoms with Crippen LogP contribution in [-0.4, -0.2) is 64.7 Å². The van der Waals surface area contributed by atoms with E-state index < -0.39 is 47.6 Å². The topological polar surface area (TPSA) is 134 Å². The number of carbonyl (C=O) groups excluding carboxylic acids is 4. The molecule has 3 amide bonds. The number of aromatic hydroxyl groups is 1. The van der Waals surface area contributed by atoms with Crippen molar-refractivity contribution in [2.45, 2.75) is 97.9 Å². The Hall–Kier alpha value is -4.52. The average molecular weight is 636 g/mol. The van der Waals surface area contributed by atoms with Crippen LogP contribution in [0.5, 0.6) is 5.75 Å². The molecule has 3 N–H and O–H groups in total. The second-order valence-corrected chi connectivity index (χ2v) is 12.7. The van der Waals surface area contributed by atoms with Gasteiger partial charge in [0, 0.05) is 24.6 Å². The lowest BCUT2D eigenvalue weighted by Gasteiger charge is -2.39. The molecule has 2 aromatic carbocycles.